The van der Waals surface area contributed by atoms with Crippen LogP contribution in [-0.4, -0.2) is 29.7 Å². The van der Waals surface area contributed by atoms with Crippen LogP contribution in [0.4, 0.5) is 0 Å². The molecule has 0 aromatic heterocycles. The van der Waals surface area contributed by atoms with E-state index in [0.717, 1.165) is 28.1 Å². The number of carbonyl (C=O) groups excluding carboxylic acids is 1. The highest BCUT2D eigenvalue weighted by atomic mass is 16.1. The molecule has 0 saturated heterocycles. The van der Waals surface area contributed by atoms with Crippen LogP contribution in [0.25, 0.3) is 0 Å². The summed E-state index contributed by atoms with van der Waals surface area (Å²) in [5, 5.41) is 8.96. The Hall–Kier alpha value is -3.13. The molecule has 0 fully saturated rings. The molecule has 1 unspecified atom stereocenters. The lowest BCUT2D eigenvalue weighted by molar-refractivity contribution is -0.122. The number of rotatable bonds is 4. The van der Waals surface area contributed by atoms with Gasteiger partial charge in [-0.05, 0) is 54.8 Å². The fourth-order valence-electron chi connectivity index (χ4n) is 3.37. The van der Waals surface area contributed by atoms with Crippen molar-refractivity contribution in [1.29, 1.82) is 5.26 Å². The van der Waals surface area contributed by atoms with Crippen molar-refractivity contribution in [2.75, 3.05) is 13.1 Å². The van der Waals surface area contributed by atoms with Gasteiger partial charge in [-0.3, -0.25) is 9.79 Å². The Morgan fingerprint density at radius 2 is 1.84 bits per heavy atom. The summed E-state index contributed by atoms with van der Waals surface area (Å²) in [4.78, 5) is 18.9. The molecule has 2 N–H and O–H groups in total. The molecule has 0 spiro atoms. The molecule has 1 heterocycles. The van der Waals surface area contributed by atoms with Crippen LogP contribution >= 0.6 is 0 Å². The van der Waals surface area contributed by atoms with E-state index in [1.807, 2.05) is 49.1 Å². The van der Waals surface area contributed by atoms with Gasteiger partial charge in [0, 0.05) is 12.1 Å². The Morgan fingerprint density at radius 1 is 1.20 bits per heavy atom. The van der Waals surface area contributed by atoms with Crippen LogP contribution in [0, 0.1) is 25.2 Å². The Labute approximate surface area is 147 Å². The van der Waals surface area contributed by atoms with Gasteiger partial charge in [-0.25, -0.2) is 0 Å². The molecule has 1 amide bonds. The first kappa shape index (κ1) is 16.7. The number of amides is 1. The molecule has 5 heteroatoms. The molecule has 0 saturated carbocycles. The van der Waals surface area contributed by atoms with Crippen molar-refractivity contribution < 1.29 is 4.79 Å². The average molecular weight is 332 g/mol. The van der Waals surface area contributed by atoms with Crippen molar-refractivity contribution in [2.45, 2.75) is 19.9 Å². The van der Waals surface area contributed by atoms with E-state index in [1.165, 1.54) is 0 Å². The third-order valence-electron chi connectivity index (χ3n) is 4.54. The molecule has 2 aromatic carbocycles. The molecule has 3 rings (SSSR count). The zero-order valence-corrected chi connectivity index (χ0v) is 14.4. The molecular formula is C20H20N4O. The molecule has 5 nitrogen and oxygen atoms in total. The SMILES string of the molecule is Cc1cccc(C)c1C(C(N)=O)N1CCN=C1c1ccc(C#N)cc1. The quantitative estimate of drug-likeness (QED) is 0.933. The number of primary amides is 1. The number of hydrogen-bond donors (Lipinski definition) is 1. The number of benzene rings is 2. The van der Waals surface area contributed by atoms with Crippen LogP contribution in [0.5, 0.6) is 0 Å². The van der Waals surface area contributed by atoms with E-state index in [9.17, 15) is 4.79 Å². The van der Waals surface area contributed by atoms with Crippen molar-refractivity contribution in [2.24, 2.45) is 10.7 Å². The summed E-state index contributed by atoms with van der Waals surface area (Å²) in [6.45, 7) is 5.24. The number of amidine groups is 1. The van der Waals surface area contributed by atoms with Crippen LogP contribution in [0.3, 0.4) is 0 Å². The third-order valence-corrected chi connectivity index (χ3v) is 4.54. The van der Waals surface area contributed by atoms with Crippen molar-refractivity contribution in [1.82, 2.24) is 4.90 Å². The van der Waals surface area contributed by atoms with Crippen LogP contribution < -0.4 is 5.73 Å². The second kappa shape index (κ2) is 6.78. The van der Waals surface area contributed by atoms with E-state index < -0.39 is 6.04 Å². The largest absolute Gasteiger partial charge is 0.368 e. The number of carbonyl (C=O) groups is 1. The third kappa shape index (κ3) is 3.11. The highest BCUT2D eigenvalue weighted by molar-refractivity contribution is 6.02. The summed E-state index contributed by atoms with van der Waals surface area (Å²) in [6.07, 6.45) is 0. The number of aliphatic imine (C=N–C) groups is 1. The molecular weight excluding hydrogens is 312 g/mol. The van der Waals surface area contributed by atoms with Gasteiger partial charge in [0.1, 0.15) is 11.9 Å². The molecule has 1 aliphatic heterocycles. The van der Waals surface area contributed by atoms with Gasteiger partial charge < -0.3 is 10.6 Å². The van der Waals surface area contributed by atoms with E-state index in [0.29, 0.717) is 18.7 Å². The number of nitrogens with zero attached hydrogens (tertiary/aromatic N) is 3. The van der Waals surface area contributed by atoms with Gasteiger partial charge in [0.15, 0.2) is 0 Å². The van der Waals surface area contributed by atoms with E-state index in [1.54, 1.807) is 12.1 Å². The molecule has 1 atom stereocenters. The summed E-state index contributed by atoms with van der Waals surface area (Å²) in [6, 6.07) is 14.7. The summed E-state index contributed by atoms with van der Waals surface area (Å²) in [5.74, 6) is 0.358. The maximum Gasteiger partial charge on any atom is 0.244 e. The normalized spacial score (nSPS) is 14.8. The minimum Gasteiger partial charge on any atom is -0.368 e. The Kier molecular flexibility index (Phi) is 4.53. The van der Waals surface area contributed by atoms with Crippen molar-refractivity contribution in [3.8, 4) is 6.07 Å². The lowest BCUT2D eigenvalue weighted by atomic mass is 9.94. The van der Waals surface area contributed by atoms with Crippen molar-refractivity contribution >= 4 is 11.7 Å². The van der Waals surface area contributed by atoms with Gasteiger partial charge >= 0.3 is 0 Å². The van der Waals surface area contributed by atoms with Gasteiger partial charge in [-0.2, -0.15) is 5.26 Å². The number of hydrogen-bond acceptors (Lipinski definition) is 4. The first-order valence-corrected chi connectivity index (χ1v) is 8.20. The zero-order chi connectivity index (χ0) is 18.0. The molecule has 2 aromatic rings. The minimum absolute atomic E-state index is 0.388. The summed E-state index contributed by atoms with van der Waals surface area (Å²) < 4.78 is 0. The van der Waals surface area contributed by atoms with Crippen LogP contribution in [-0.2, 0) is 4.79 Å². The Balaban J connectivity index is 2.03. The topological polar surface area (TPSA) is 82.5 Å². The zero-order valence-electron chi connectivity index (χ0n) is 14.4. The summed E-state index contributed by atoms with van der Waals surface area (Å²) in [7, 11) is 0. The molecule has 1 aliphatic rings. The van der Waals surface area contributed by atoms with Crippen molar-refractivity contribution in [3.05, 3.63) is 70.3 Å². The van der Waals surface area contributed by atoms with Crippen LogP contribution in [0.15, 0.2) is 47.5 Å². The van der Waals surface area contributed by atoms with Gasteiger partial charge in [0.25, 0.3) is 0 Å². The second-order valence-electron chi connectivity index (χ2n) is 6.20. The predicted molar refractivity (Wildman–Crippen MR) is 97.1 cm³/mol. The maximum atomic E-state index is 12.4. The van der Waals surface area contributed by atoms with Crippen LogP contribution in [0.2, 0.25) is 0 Å². The Morgan fingerprint density at radius 3 is 2.40 bits per heavy atom. The lowest BCUT2D eigenvalue weighted by Crippen LogP contribution is -2.41. The van der Waals surface area contributed by atoms with Gasteiger partial charge in [0.2, 0.25) is 5.91 Å². The molecule has 0 radical (unpaired) electrons. The lowest BCUT2D eigenvalue weighted by Gasteiger charge is -2.31. The van der Waals surface area contributed by atoms with E-state index >= 15 is 0 Å². The van der Waals surface area contributed by atoms with E-state index in [2.05, 4.69) is 11.1 Å². The highest BCUT2D eigenvalue weighted by Gasteiger charge is 2.33. The monoisotopic (exact) mass is 332 g/mol. The standard InChI is InChI=1S/C20H20N4O/c1-13-4-3-5-14(2)17(13)18(19(22)25)24-11-10-23-20(24)16-8-6-15(12-21)7-9-16/h3-9,18H,10-11H2,1-2H3,(H2,22,25). The number of aryl methyl sites for hydroxylation is 2. The maximum absolute atomic E-state index is 12.4. The highest BCUT2D eigenvalue weighted by Crippen LogP contribution is 2.30. The predicted octanol–water partition coefficient (Wildman–Crippen LogP) is 2.46. The molecule has 25 heavy (non-hydrogen) atoms. The number of nitrogens with two attached hydrogens (primary N) is 1. The van der Waals surface area contributed by atoms with Crippen molar-refractivity contribution in [3.63, 3.8) is 0 Å². The van der Waals surface area contributed by atoms with E-state index in [-0.39, 0.29) is 5.91 Å². The smallest absolute Gasteiger partial charge is 0.244 e. The first-order valence-electron chi connectivity index (χ1n) is 8.20. The molecule has 0 bridgehead atoms. The van der Waals surface area contributed by atoms with Gasteiger partial charge in [0.05, 0.1) is 18.2 Å². The summed E-state index contributed by atoms with van der Waals surface area (Å²) in [5.41, 5.74) is 10.3. The number of nitriles is 1. The van der Waals surface area contributed by atoms with Crippen LogP contribution in [0.1, 0.15) is 33.9 Å². The molecule has 126 valence electrons. The summed E-state index contributed by atoms with van der Waals surface area (Å²) >= 11 is 0. The minimum atomic E-state index is -0.557. The first-order chi connectivity index (χ1) is 12.0. The van der Waals surface area contributed by atoms with Gasteiger partial charge in [-0.1, -0.05) is 18.2 Å². The van der Waals surface area contributed by atoms with E-state index in [4.69, 9.17) is 11.0 Å². The fourth-order valence-corrected chi connectivity index (χ4v) is 3.37. The van der Waals surface area contributed by atoms with Gasteiger partial charge in [-0.15, -0.1) is 0 Å². The average Bonchev–Trinajstić information content (AvgIpc) is 3.07. The Bertz CT molecular complexity index is 857. The molecule has 0 aliphatic carbocycles. The second-order valence-corrected chi connectivity index (χ2v) is 6.20. The fraction of sp³-hybridized carbons (Fsp3) is 0.250.